The number of alkyl halides is 2. The van der Waals surface area contributed by atoms with Gasteiger partial charge < -0.3 is 10.1 Å². The molecule has 1 N–H and O–H groups in total. The highest BCUT2D eigenvalue weighted by Gasteiger charge is 2.18. The Balaban J connectivity index is 2.57. The Morgan fingerprint density at radius 1 is 1.53 bits per heavy atom. The first-order valence-corrected chi connectivity index (χ1v) is 6.70. The fraction of sp³-hybridized carbons (Fsp3) is 0.750. The molecule has 19 heavy (non-hydrogen) atoms. The van der Waals surface area contributed by atoms with E-state index < -0.39 is 13.0 Å². The van der Waals surface area contributed by atoms with E-state index in [1.54, 1.807) is 10.9 Å². The van der Waals surface area contributed by atoms with Crippen molar-refractivity contribution in [3.8, 4) is 0 Å². The summed E-state index contributed by atoms with van der Waals surface area (Å²) in [5.41, 5.74) is 0.857. The lowest BCUT2D eigenvalue weighted by Gasteiger charge is -2.19. The summed E-state index contributed by atoms with van der Waals surface area (Å²) >= 11 is 6.10. The quantitative estimate of drug-likeness (QED) is 0.712. The first kappa shape index (κ1) is 16.3. The molecule has 0 bridgehead atoms. The highest BCUT2D eigenvalue weighted by atomic mass is 35.5. The van der Waals surface area contributed by atoms with Gasteiger partial charge in [-0.25, -0.2) is 8.78 Å². The number of hydrogen-bond acceptors (Lipinski definition) is 3. The van der Waals surface area contributed by atoms with Gasteiger partial charge in [0, 0.05) is 13.7 Å². The molecule has 1 aromatic rings. The smallest absolute Gasteiger partial charge is 0.261 e. The molecule has 1 atom stereocenters. The normalized spacial score (nSPS) is 13.2. The SMILES string of the molecule is CCCNC(CCOCC(F)F)c1c(Cl)cnn1C. The summed E-state index contributed by atoms with van der Waals surface area (Å²) in [5.74, 6) is 0. The maximum Gasteiger partial charge on any atom is 0.261 e. The molecule has 4 nitrogen and oxygen atoms in total. The Morgan fingerprint density at radius 3 is 2.79 bits per heavy atom. The number of halogens is 3. The van der Waals surface area contributed by atoms with E-state index in [2.05, 4.69) is 17.3 Å². The van der Waals surface area contributed by atoms with Crippen LogP contribution in [-0.4, -0.2) is 36.0 Å². The Morgan fingerprint density at radius 2 is 2.26 bits per heavy atom. The minimum absolute atomic E-state index is 0.0439. The molecule has 1 unspecified atom stereocenters. The average Bonchev–Trinajstić information content (AvgIpc) is 2.69. The molecular weight excluding hydrogens is 276 g/mol. The molecule has 0 saturated carbocycles. The highest BCUT2D eigenvalue weighted by Crippen LogP contribution is 2.24. The highest BCUT2D eigenvalue weighted by molar-refractivity contribution is 6.31. The van der Waals surface area contributed by atoms with Gasteiger partial charge in [0.1, 0.15) is 6.61 Å². The van der Waals surface area contributed by atoms with Crippen LogP contribution in [0.15, 0.2) is 6.20 Å². The summed E-state index contributed by atoms with van der Waals surface area (Å²) in [6.45, 7) is 2.61. The van der Waals surface area contributed by atoms with E-state index in [1.807, 2.05) is 7.05 Å². The second-order valence-corrected chi connectivity index (χ2v) is 4.67. The maximum atomic E-state index is 12.0. The predicted molar refractivity (Wildman–Crippen MR) is 70.7 cm³/mol. The summed E-state index contributed by atoms with van der Waals surface area (Å²) in [4.78, 5) is 0. The number of hydrogen-bond donors (Lipinski definition) is 1. The first-order valence-electron chi connectivity index (χ1n) is 6.32. The first-order chi connectivity index (χ1) is 9.06. The van der Waals surface area contributed by atoms with Crippen molar-refractivity contribution in [1.82, 2.24) is 15.1 Å². The zero-order chi connectivity index (χ0) is 14.3. The van der Waals surface area contributed by atoms with Crippen molar-refractivity contribution >= 4 is 11.6 Å². The third kappa shape index (κ3) is 5.42. The van der Waals surface area contributed by atoms with Crippen molar-refractivity contribution in [2.45, 2.75) is 32.2 Å². The van der Waals surface area contributed by atoms with E-state index in [1.165, 1.54) is 0 Å². The van der Waals surface area contributed by atoms with Crippen molar-refractivity contribution in [3.63, 3.8) is 0 Å². The van der Waals surface area contributed by atoms with Gasteiger partial charge in [-0.3, -0.25) is 4.68 Å². The van der Waals surface area contributed by atoms with Crippen molar-refractivity contribution in [3.05, 3.63) is 16.9 Å². The van der Waals surface area contributed by atoms with Crippen LogP contribution in [0.25, 0.3) is 0 Å². The molecule has 0 aliphatic rings. The molecule has 0 aromatic carbocycles. The summed E-state index contributed by atoms with van der Waals surface area (Å²) in [5, 5.41) is 7.99. The molecule has 1 aromatic heterocycles. The lowest BCUT2D eigenvalue weighted by Crippen LogP contribution is -2.26. The van der Waals surface area contributed by atoms with Crippen LogP contribution in [0.1, 0.15) is 31.5 Å². The van der Waals surface area contributed by atoms with Crippen LogP contribution in [-0.2, 0) is 11.8 Å². The molecule has 1 rings (SSSR count). The van der Waals surface area contributed by atoms with Gasteiger partial charge in [-0.1, -0.05) is 18.5 Å². The van der Waals surface area contributed by atoms with Crippen LogP contribution in [0.4, 0.5) is 8.78 Å². The summed E-state index contributed by atoms with van der Waals surface area (Å²) in [7, 11) is 1.81. The Bertz CT molecular complexity index is 354. The lowest BCUT2D eigenvalue weighted by molar-refractivity contribution is 0.0142. The second kappa shape index (κ2) is 8.45. The molecule has 110 valence electrons. The van der Waals surface area contributed by atoms with E-state index in [4.69, 9.17) is 16.3 Å². The molecule has 0 spiro atoms. The Kier molecular flexibility index (Phi) is 7.27. The number of nitrogens with zero attached hydrogens (tertiary/aromatic N) is 2. The average molecular weight is 296 g/mol. The molecule has 0 saturated heterocycles. The van der Waals surface area contributed by atoms with Crippen LogP contribution in [0.2, 0.25) is 5.02 Å². The minimum Gasteiger partial charge on any atom is -0.375 e. The van der Waals surface area contributed by atoms with Gasteiger partial charge >= 0.3 is 0 Å². The van der Waals surface area contributed by atoms with Gasteiger partial charge in [-0.2, -0.15) is 5.10 Å². The zero-order valence-corrected chi connectivity index (χ0v) is 12.0. The van der Waals surface area contributed by atoms with Gasteiger partial charge in [0.15, 0.2) is 0 Å². The van der Waals surface area contributed by atoms with Crippen molar-refractivity contribution in [1.29, 1.82) is 0 Å². The number of aromatic nitrogens is 2. The largest absolute Gasteiger partial charge is 0.375 e. The van der Waals surface area contributed by atoms with Gasteiger partial charge in [-0.05, 0) is 19.4 Å². The van der Waals surface area contributed by atoms with E-state index in [0.29, 0.717) is 11.4 Å². The number of nitrogens with one attached hydrogen (secondary N) is 1. The third-order valence-electron chi connectivity index (χ3n) is 2.70. The van der Waals surface area contributed by atoms with Crippen LogP contribution < -0.4 is 5.32 Å². The number of rotatable bonds is 9. The maximum absolute atomic E-state index is 12.0. The molecular formula is C12H20ClF2N3O. The third-order valence-corrected chi connectivity index (χ3v) is 2.99. The molecule has 0 amide bonds. The van der Waals surface area contributed by atoms with Crippen molar-refractivity contribution < 1.29 is 13.5 Å². The summed E-state index contributed by atoms with van der Waals surface area (Å²) < 4.78 is 30.6. The van der Waals surface area contributed by atoms with E-state index in [0.717, 1.165) is 18.7 Å². The molecule has 7 heteroatoms. The van der Waals surface area contributed by atoms with E-state index >= 15 is 0 Å². The van der Waals surface area contributed by atoms with Crippen LogP contribution in [0.3, 0.4) is 0 Å². The topological polar surface area (TPSA) is 39.1 Å². The molecule has 0 aliphatic heterocycles. The van der Waals surface area contributed by atoms with Gasteiger partial charge in [0.05, 0.1) is 23.0 Å². The fourth-order valence-electron chi connectivity index (χ4n) is 1.84. The minimum atomic E-state index is -2.43. The number of ether oxygens (including phenoxy) is 1. The summed E-state index contributed by atoms with van der Waals surface area (Å²) in [6, 6.07) is -0.0439. The predicted octanol–water partition coefficient (Wildman–Crippen LogP) is 2.79. The number of aryl methyl sites for hydroxylation is 1. The Hall–Kier alpha value is -0.720. The molecule has 0 aliphatic carbocycles. The van der Waals surface area contributed by atoms with Crippen molar-refractivity contribution in [2.75, 3.05) is 19.8 Å². The zero-order valence-electron chi connectivity index (χ0n) is 11.2. The lowest BCUT2D eigenvalue weighted by atomic mass is 10.1. The molecule has 0 radical (unpaired) electrons. The van der Waals surface area contributed by atoms with Crippen LogP contribution in [0.5, 0.6) is 0 Å². The summed E-state index contributed by atoms with van der Waals surface area (Å²) in [6.07, 6.45) is 0.704. The monoisotopic (exact) mass is 295 g/mol. The van der Waals surface area contributed by atoms with Gasteiger partial charge in [0.2, 0.25) is 0 Å². The Labute approximate surface area is 117 Å². The van der Waals surface area contributed by atoms with Crippen LogP contribution >= 0.6 is 11.6 Å². The molecule has 1 heterocycles. The van der Waals surface area contributed by atoms with E-state index in [9.17, 15) is 8.78 Å². The van der Waals surface area contributed by atoms with Crippen LogP contribution in [0, 0.1) is 0 Å². The fourth-order valence-corrected chi connectivity index (χ4v) is 2.14. The van der Waals surface area contributed by atoms with E-state index in [-0.39, 0.29) is 12.6 Å². The van der Waals surface area contributed by atoms with Gasteiger partial charge in [0.25, 0.3) is 6.43 Å². The molecule has 0 fully saturated rings. The van der Waals surface area contributed by atoms with Gasteiger partial charge in [-0.15, -0.1) is 0 Å². The standard InChI is InChI=1S/C12H20ClF2N3O/c1-3-5-16-10(4-6-19-8-11(14)15)12-9(13)7-17-18(12)2/h7,10-11,16H,3-6,8H2,1-2H3. The second-order valence-electron chi connectivity index (χ2n) is 4.26. The van der Waals surface area contributed by atoms with Crippen molar-refractivity contribution in [2.24, 2.45) is 7.05 Å².